The van der Waals surface area contributed by atoms with Crippen LogP contribution in [-0.2, 0) is 4.79 Å². The molecule has 4 nitrogen and oxygen atoms in total. The predicted molar refractivity (Wildman–Crippen MR) is 80.7 cm³/mol. The minimum absolute atomic E-state index is 0.227. The minimum Gasteiger partial charge on any atom is -0.341 e. The SMILES string of the molecule is N#CN1CC[C@@H](CC(=O)N2CC(c3ccc(Cl)cc3)C2)C1. The summed E-state index contributed by atoms with van der Waals surface area (Å²) >= 11 is 5.88. The minimum atomic E-state index is 0.227. The number of hydrogen-bond donors (Lipinski definition) is 0. The number of carbonyl (C=O) groups is 1. The molecular weight excluding hydrogens is 286 g/mol. The molecule has 0 unspecified atom stereocenters. The summed E-state index contributed by atoms with van der Waals surface area (Å²) in [7, 11) is 0. The van der Waals surface area contributed by atoms with E-state index in [0.29, 0.717) is 18.3 Å². The third kappa shape index (κ3) is 3.14. The van der Waals surface area contributed by atoms with E-state index in [9.17, 15) is 4.79 Å². The van der Waals surface area contributed by atoms with Gasteiger partial charge in [-0.1, -0.05) is 23.7 Å². The molecule has 5 heteroatoms. The molecule has 1 aromatic carbocycles. The topological polar surface area (TPSA) is 47.3 Å². The van der Waals surface area contributed by atoms with E-state index in [1.54, 1.807) is 4.90 Å². The van der Waals surface area contributed by atoms with Crippen molar-refractivity contribution in [2.24, 2.45) is 5.92 Å². The van der Waals surface area contributed by atoms with Crippen molar-refractivity contribution in [2.45, 2.75) is 18.8 Å². The van der Waals surface area contributed by atoms with Crippen LogP contribution in [0.5, 0.6) is 0 Å². The lowest BCUT2D eigenvalue weighted by Gasteiger charge is -2.40. The Kier molecular flexibility index (Phi) is 4.03. The van der Waals surface area contributed by atoms with Gasteiger partial charge in [-0.3, -0.25) is 4.79 Å². The van der Waals surface area contributed by atoms with Crippen molar-refractivity contribution in [3.63, 3.8) is 0 Å². The average molecular weight is 304 g/mol. The van der Waals surface area contributed by atoms with Gasteiger partial charge in [0.05, 0.1) is 0 Å². The molecule has 2 aliphatic rings. The van der Waals surface area contributed by atoms with Crippen LogP contribution in [0, 0.1) is 17.4 Å². The highest BCUT2D eigenvalue weighted by molar-refractivity contribution is 6.30. The number of halogens is 1. The van der Waals surface area contributed by atoms with Crippen molar-refractivity contribution in [2.75, 3.05) is 26.2 Å². The van der Waals surface area contributed by atoms with Gasteiger partial charge in [-0.25, -0.2) is 0 Å². The molecule has 0 N–H and O–H groups in total. The second kappa shape index (κ2) is 5.95. The molecule has 1 aromatic rings. The van der Waals surface area contributed by atoms with Crippen LogP contribution in [0.25, 0.3) is 0 Å². The summed E-state index contributed by atoms with van der Waals surface area (Å²) in [4.78, 5) is 15.9. The maximum absolute atomic E-state index is 12.2. The molecule has 0 spiro atoms. The fourth-order valence-corrected chi connectivity index (χ4v) is 3.22. The Labute approximate surface area is 129 Å². The van der Waals surface area contributed by atoms with Crippen LogP contribution in [0.1, 0.15) is 24.3 Å². The second-order valence-electron chi connectivity index (χ2n) is 5.95. The van der Waals surface area contributed by atoms with Crippen LogP contribution in [0.4, 0.5) is 0 Å². The lowest BCUT2D eigenvalue weighted by Crippen LogP contribution is -2.48. The van der Waals surface area contributed by atoms with Gasteiger partial charge in [0.25, 0.3) is 0 Å². The second-order valence-corrected chi connectivity index (χ2v) is 6.39. The van der Waals surface area contributed by atoms with Crippen molar-refractivity contribution < 1.29 is 4.79 Å². The Hall–Kier alpha value is -1.73. The Morgan fingerprint density at radius 2 is 2.00 bits per heavy atom. The summed E-state index contributed by atoms with van der Waals surface area (Å²) in [6.45, 7) is 3.13. The zero-order valence-corrected chi connectivity index (χ0v) is 12.6. The summed E-state index contributed by atoms with van der Waals surface area (Å²) < 4.78 is 0. The van der Waals surface area contributed by atoms with Gasteiger partial charge in [0, 0.05) is 43.5 Å². The van der Waals surface area contributed by atoms with E-state index in [-0.39, 0.29) is 5.91 Å². The Morgan fingerprint density at radius 3 is 2.62 bits per heavy atom. The van der Waals surface area contributed by atoms with E-state index in [2.05, 4.69) is 6.19 Å². The van der Waals surface area contributed by atoms with E-state index >= 15 is 0 Å². The highest BCUT2D eigenvalue weighted by atomic mass is 35.5. The third-order valence-electron chi connectivity index (χ3n) is 4.47. The molecule has 3 rings (SSSR count). The van der Waals surface area contributed by atoms with Crippen LogP contribution in [-0.4, -0.2) is 41.9 Å². The van der Waals surface area contributed by atoms with Gasteiger partial charge in [-0.15, -0.1) is 0 Å². The van der Waals surface area contributed by atoms with Crippen LogP contribution in [0.2, 0.25) is 5.02 Å². The van der Waals surface area contributed by atoms with Crippen molar-refractivity contribution in [3.05, 3.63) is 34.9 Å². The molecule has 0 aromatic heterocycles. The molecule has 110 valence electrons. The van der Waals surface area contributed by atoms with Gasteiger partial charge in [-0.2, -0.15) is 5.26 Å². The average Bonchev–Trinajstić information content (AvgIpc) is 2.87. The fourth-order valence-electron chi connectivity index (χ4n) is 3.09. The molecule has 2 heterocycles. The zero-order chi connectivity index (χ0) is 14.8. The first kappa shape index (κ1) is 14.2. The molecular formula is C16H18ClN3O. The van der Waals surface area contributed by atoms with E-state index in [1.807, 2.05) is 29.2 Å². The molecule has 2 aliphatic heterocycles. The number of benzene rings is 1. The number of nitriles is 1. The number of likely N-dealkylation sites (tertiary alicyclic amines) is 2. The van der Waals surface area contributed by atoms with Gasteiger partial charge in [0.1, 0.15) is 0 Å². The van der Waals surface area contributed by atoms with Crippen molar-refractivity contribution >= 4 is 17.5 Å². The Balaban J connectivity index is 1.47. The highest BCUT2D eigenvalue weighted by Gasteiger charge is 2.33. The van der Waals surface area contributed by atoms with Gasteiger partial charge >= 0.3 is 0 Å². The first-order chi connectivity index (χ1) is 10.2. The smallest absolute Gasteiger partial charge is 0.222 e. The number of nitrogens with zero attached hydrogens (tertiary/aromatic N) is 3. The van der Waals surface area contributed by atoms with Gasteiger partial charge in [0.2, 0.25) is 5.91 Å². The van der Waals surface area contributed by atoms with E-state index in [4.69, 9.17) is 16.9 Å². The lowest BCUT2D eigenvalue weighted by molar-refractivity contribution is -0.136. The molecule has 1 amide bonds. The predicted octanol–water partition coefficient (Wildman–Crippen LogP) is 2.46. The number of hydrogen-bond acceptors (Lipinski definition) is 3. The highest BCUT2D eigenvalue weighted by Crippen LogP contribution is 2.29. The molecule has 0 bridgehead atoms. The van der Waals surface area contributed by atoms with Crippen LogP contribution >= 0.6 is 11.6 Å². The third-order valence-corrected chi connectivity index (χ3v) is 4.72. The molecule has 0 aliphatic carbocycles. The molecule has 0 saturated carbocycles. The van der Waals surface area contributed by atoms with Crippen LogP contribution in [0.3, 0.4) is 0 Å². The van der Waals surface area contributed by atoms with E-state index in [0.717, 1.165) is 37.6 Å². The molecule has 1 atom stereocenters. The Bertz CT molecular complexity index is 560. The van der Waals surface area contributed by atoms with E-state index in [1.165, 1.54) is 5.56 Å². The summed E-state index contributed by atoms with van der Waals surface area (Å²) in [6.07, 6.45) is 3.68. The largest absolute Gasteiger partial charge is 0.341 e. The van der Waals surface area contributed by atoms with Crippen molar-refractivity contribution in [1.29, 1.82) is 5.26 Å². The van der Waals surface area contributed by atoms with E-state index < -0.39 is 0 Å². The lowest BCUT2D eigenvalue weighted by atomic mass is 9.90. The van der Waals surface area contributed by atoms with Gasteiger partial charge in [-0.05, 0) is 30.0 Å². The van der Waals surface area contributed by atoms with Gasteiger partial charge in [0.15, 0.2) is 6.19 Å². The molecule has 21 heavy (non-hydrogen) atoms. The van der Waals surface area contributed by atoms with Crippen molar-refractivity contribution in [3.8, 4) is 6.19 Å². The number of carbonyl (C=O) groups excluding carboxylic acids is 1. The standard InChI is InChI=1S/C16H18ClN3O/c17-15-3-1-13(2-4-15)14-9-20(10-14)16(21)7-12-5-6-19(8-12)11-18/h1-4,12,14H,5-10H2/t12-/m0/s1. The number of amides is 1. The quantitative estimate of drug-likeness (QED) is 0.806. The molecule has 2 saturated heterocycles. The summed E-state index contributed by atoms with van der Waals surface area (Å²) in [5.74, 6) is 1.00. The van der Waals surface area contributed by atoms with Crippen LogP contribution < -0.4 is 0 Å². The summed E-state index contributed by atoms with van der Waals surface area (Å²) in [5, 5.41) is 9.58. The number of rotatable bonds is 3. The Morgan fingerprint density at radius 1 is 1.29 bits per heavy atom. The summed E-state index contributed by atoms with van der Waals surface area (Å²) in [6, 6.07) is 7.87. The molecule has 0 radical (unpaired) electrons. The fraction of sp³-hybridized carbons (Fsp3) is 0.500. The zero-order valence-electron chi connectivity index (χ0n) is 11.8. The maximum Gasteiger partial charge on any atom is 0.222 e. The first-order valence-electron chi connectivity index (χ1n) is 7.33. The first-order valence-corrected chi connectivity index (χ1v) is 7.71. The normalized spacial score (nSPS) is 22.0. The van der Waals surface area contributed by atoms with Crippen LogP contribution in [0.15, 0.2) is 24.3 Å². The maximum atomic E-state index is 12.2. The van der Waals surface area contributed by atoms with Crippen molar-refractivity contribution in [1.82, 2.24) is 9.80 Å². The molecule has 2 fully saturated rings. The van der Waals surface area contributed by atoms with Gasteiger partial charge < -0.3 is 9.80 Å². The summed E-state index contributed by atoms with van der Waals surface area (Å²) in [5.41, 5.74) is 1.25. The monoisotopic (exact) mass is 303 g/mol.